The average Bonchev–Trinajstić information content (AvgIpc) is 2.31. The van der Waals surface area contributed by atoms with Gasteiger partial charge in [0.15, 0.2) is 0 Å². The van der Waals surface area contributed by atoms with Gasteiger partial charge in [-0.05, 0) is 16.9 Å². The van der Waals surface area contributed by atoms with Crippen molar-refractivity contribution in [1.82, 2.24) is 0 Å². The molecule has 12 heavy (non-hydrogen) atoms. The fourth-order valence-corrected chi connectivity index (χ4v) is 2.28. The second-order valence-electron chi connectivity index (χ2n) is 3.90. The van der Waals surface area contributed by atoms with Gasteiger partial charge in [-0.2, -0.15) is 0 Å². The Morgan fingerprint density at radius 2 is 2.08 bits per heavy atom. The predicted octanol–water partition coefficient (Wildman–Crippen LogP) is 3.48. The first kappa shape index (κ1) is 10.0. The Bertz CT molecular complexity index is 262. The fourth-order valence-electron chi connectivity index (χ4n) is 0.894. The number of aliphatic hydroxyl groups is 1. The van der Waals surface area contributed by atoms with Gasteiger partial charge in [-0.25, -0.2) is 0 Å². The standard InChI is InChI=1S/C9H13ClOS/c1-9(2,3)8(11)7-6(10)4-5-12-7/h4-5,8,11H,1-3H3. The predicted molar refractivity (Wildman–Crippen MR) is 53.7 cm³/mol. The molecule has 1 aromatic rings. The highest BCUT2D eigenvalue weighted by molar-refractivity contribution is 7.10. The number of thiophene rings is 1. The van der Waals surface area contributed by atoms with Gasteiger partial charge in [0.25, 0.3) is 0 Å². The Labute approximate surface area is 82.0 Å². The van der Waals surface area contributed by atoms with E-state index in [0.717, 1.165) is 4.88 Å². The van der Waals surface area contributed by atoms with E-state index in [4.69, 9.17) is 11.6 Å². The molecule has 68 valence electrons. The van der Waals surface area contributed by atoms with Crippen LogP contribution in [0.2, 0.25) is 5.02 Å². The van der Waals surface area contributed by atoms with Crippen molar-refractivity contribution < 1.29 is 5.11 Å². The third kappa shape index (κ3) is 2.00. The van der Waals surface area contributed by atoms with E-state index in [-0.39, 0.29) is 5.41 Å². The van der Waals surface area contributed by atoms with Crippen LogP contribution in [0.5, 0.6) is 0 Å². The molecule has 0 aliphatic heterocycles. The highest BCUT2D eigenvalue weighted by atomic mass is 35.5. The molecule has 0 saturated heterocycles. The molecule has 0 radical (unpaired) electrons. The third-order valence-electron chi connectivity index (χ3n) is 1.71. The average molecular weight is 205 g/mol. The summed E-state index contributed by atoms with van der Waals surface area (Å²) < 4.78 is 0. The van der Waals surface area contributed by atoms with E-state index in [1.54, 1.807) is 0 Å². The summed E-state index contributed by atoms with van der Waals surface area (Å²) in [5, 5.41) is 12.4. The molecule has 1 heterocycles. The number of rotatable bonds is 1. The van der Waals surface area contributed by atoms with Gasteiger partial charge < -0.3 is 5.11 Å². The molecule has 0 aliphatic rings. The fraction of sp³-hybridized carbons (Fsp3) is 0.556. The van der Waals surface area contributed by atoms with Crippen molar-refractivity contribution in [2.75, 3.05) is 0 Å². The first-order chi connectivity index (χ1) is 5.43. The SMILES string of the molecule is CC(C)(C)C(O)c1sccc1Cl. The van der Waals surface area contributed by atoms with E-state index < -0.39 is 6.10 Å². The van der Waals surface area contributed by atoms with Gasteiger partial charge in [-0.15, -0.1) is 11.3 Å². The van der Waals surface area contributed by atoms with Gasteiger partial charge in [-0.1, -0.05) is 32.4 Å². The van der Waals surface area contributed by atoms with Crippen molar-refractivity contribution in [3.63, 3.8) is 0 Å². The van der Waals surface area contributed by atoms with Crippen molar-refractivity contribution in [1.29, 1.82) is 0 Å². The highest BCUT2D eigenvalue weighted by Crippen LogP contribution is 2.38. The number of hydrogen-bond donors (Lipinski definition) is 1. The normalized spacial score (nSPS) is 14.8. The van der Waals surface area contributed by atoms with Gasteiger partial charge in [0.05, 0.1) is 16.0 Å². The lowest BCUT2D eigenvalue weighted by atomic mass is 9.88. The lowest BCUT2D eigenvalue weighted by Gasteiger charge is -2.25. The second kappa shape index (κ2) is 3.36. The van der Waals surface area contributed by atoms with E-state index in [1.165, 1.54) is 11.3 Å². The topological polar surface area (TPSA) is 20.2 Å². The second-order valence-corrected chi connectivity index (χ2v) is 5.26. The van der Waals surface area contributed by atoms with Crippen LogP contribution in [0.4, 0.5) is 0 Å². The third-order valence-corrected chi connectivity index (χ3v) is 3.12. The molecule has 3 heteroatoms. The van der Waals surface area contributed by atoms with E-state index in [0.29, 0.717) is 5.02 Å². The lowest BCUT2D eigenvalue weighted by molar-refractivity contribution is 0.0659. The Morgan fingerprint density at radius 1 is 1.50 bits per heavy atom. The molecular weight excluding hydrogens is 192 g/mol. The summed E-state index contributed by atoms with van der Waals surface area (Å²) in [7, 11) is 0. The largest absolute Gasteiger partial charge is 0.387 e. The molecule has 0 aliphatic carbocycles. The number of aliphatic hydroxyl groups excluding tert-OH is 1. The van der Waals surface area contributed by atoms with Crippen molar-refractivity contribution in [3.05, 3.63) is 21.3 Å². The van der Waals surface area contributed by atoms with Gasteiger partial charge >= 0.3 is 0 Å². The molecule has 0 bridgehead atoms. The van der Waals surface area contributed by atoms with Crippen LogP contribution in [0.15, 0.2) is 11.4 Å². The molecule has 0 saturated carbocycles. The Hall–Kier alpha value is -0.0500. The smallest absolute Gasteiger partial charge is 0.0944 e. The summed E-state index contributed by atoms with van der Waals surface area (Å²) in [5.74, 6) is 0. The van der Waals surface area contributed by atoms with Crippen LogP contribution in [0.1, 0.15) is 31.8 Å². The van der Waals surface area contributed by atoms with Crippen LogP contribution in [-0.4, -0.2) is 5.11 Å². The summed E-state index contributed by atoms with van der Waals surface area (Å²) >= 11 is 7.39. The minimum atomic E-state index is -0.468. The molecule has 1 aromatic heterocycles. The molecule has 1 rings (SSSR count). The van der Waals surface area contributed by atoms with E-state index in [9.17, 15) is 5.11 Å². The van der Waals surface area contributed by atoms with Crippen LogP contribution in [0.25, 0.3) is 0 Å². The summed E-state index contributed by atoms with van der Waals surface area (Å²) in [6.45, 7) is 5.98. The van der Waals surface area contributed by atoms with Gasteiger partial charge in [0.2, 0.25) is 0 Å². The monoisotopic (exact) mass is 204 g/mol. The van der Waals surface area contributed by atoms with Crippen LogP contribution in [0, 0.1) is 5.41 Å². The van der Waals surface area contributed by atoms with Crippen LogP contribution in [0.3, 0.4) is 0 Å². The summed E-state index contributed by atoms with van der Waals surface area (Å²) in [4.78, 5) is 0.865. The number of halogens is 1. The summed E-state index contributed by atoms with van der Waals surface area (Å²) in [6.07, 6.45) is -0.468. The highest BCUT2D eigenvalue weighted by Gasteiger charge is 2.26. The first-order valence-electron chi connectivity index (χ1n) is 3.84. The lowest BCUT2D eigenvalue weighted by Crippen LogP contribution is -2.16. The molecular formula is C9H13ClOS. The Morgan fingerprint density at radius 3 is 2.42 bits per heavy atom. The minimum Gasteiger partial charge on any atom is -0.387 e. The molecule has 0 fully saturated rings. The van der Waals surface area contributed by atoms with E-state index in [2.05, 4.69) is 0 Å². The Balaban J connectivity index is 2.92. The maximum Gasteiger partial charge on any atom is 0.0944 e. The summed E-state index contributed by atoms with van der Waals surface area (Å²) in [5.41, 5.74) is -0.144. The minimum absolute atomic E-state index is 0.144. The van der Waals surface area contributed by atoms with E-state index in [1.807, 2.05) is 32.2 Å². The van der Waals surface area contributed by atoms with E-state index >= 15 is 0 Å². The molecule has 1 atom stereocenters. The first-order valence-corrected chi connectivity index (χ1v) is 5.09. The quantitative estimate of drug-likeness (QED) is 0.743. The van der Waals surface area contributed by atoms with Crippen molar-refractivity contribution in [2.45, 2.75) is 26.9 Å². The van der Waals surface area contributed by atoms with Crippen LogP contribution >= 0.6 is 22.9 Å². The molecule has 0 aromatic carbocycles. The molecule has 0 spiro atoms. The van der Waals surface area contributed by atoms with Gasteiger partial charge in [0, 0.05) is 0 Å². The summed E-state index contributed by atoms with van der Waals surface area (Å²) in [6, 6.07) is 1.82. The molecule has 0 amide bonds. The molecule has 1 unspecified atom stereocenters. The zero-order valence-corrected chi connectivity index (χ0v) is 9.04. The maximum absolute atomic E-state index is 9.85. The number of hydrogen-bond acceptors (Lipinski definition) is 2. The van der Waals surface area contributed by atoms with Gasteiger partial charge in [0.1, 0.15) is 0 Å². The zero-order chi connectivity index (χ0) is 9.35. The van der Waals surface area contributed by atoms with Crippen LogP contribution < -0.4 is 0 Å². The zero-order valence-electron chi connectivity index (χ0n) is 7.47. The van der Waals surface area contributed by atoms with Crippen LogP contribution in [-0.2, 0) is 0 Å². The maximum atomic E-state index is 9.85. The van der Waals surface area contributed by atoms with Gasteiger partial charge in [-0.3, -0.25) is 0 Å². The van der Waals surface area contributed by atoms with Crippen molar-refractivity contribution in [2.24, 2.45) is 5.41 Å². The van der Waals surface area contributed by atoms with Crippen molar-refractivity contribution >= 4 is 22.9 Å². The molecule has 1 nitrogen and oxygen atoms in total. The Kier molecular flexibility index (Phi) is 2.81. The van der Waals surface area contributed by atoms with Crippen molar-refractivity contribution in [3.8, 4) is 0 Å². The molecule has 1 N–H and O–H groups in total.